The highest BCUT2D eigenvalue weighted by Crippen LogP contribution is 2.70. The standard InChI is InChI=1S/C25H33N3O/c1-3-29-20-8-6-7-19(17-20)25(21-15-18(2)16-22(21)25)28-13-11-27(12-14-28)24-10-5-4-9-23(24)26/h4-10,17-18,21-22H,3,11-16,26H2,1-2H3/t18?,21-,22+,25?. The molecule has 0 bridgehead atoms. The van der Waals surface area contributed by atoms with Crippen LogP contribution in [0.3, 0.4) is 0 Å². The van der Waals surface area contributed by atoms with Gasteiger partial charge in [-0.1, -0.05) is 31.2 Å². The van der Waals surface area contributed by atoms with E-state index in [0.717, 1.165) is 62.0 Å². The minimum Gasteiger partial charge on any atom is -0.494 e. The van der Waals surface area contributed by atoms with Crippen LogP contribution >= 0.6 is 0 Å². The first-order chi connectivity index (χ1) is 14.1. The number of benzene rings is 2. The van der Waals surface area contributed by atoms with Crippen LogP contribution in [0.4, 0.5) is 11.4 Å². The summed E-state index contributed by atoms with van der Waals surface area (Å²) in [6.07, 6.45) is 2.71. The Balaban J connectivity index is 1.40. The highest BCUT2D eigenvalue weighted by molar-refractivity contribution is 5.67. The van der Waals surface area contributed by atoms with Crippen LogP contribution in [0, 0.1) is 17.8 Å². The van der Waals surface area contributed by atoms with E-state index in [0.29, 0.717) is 0 Å². The van der Waals surface area contributed by atoms with Crippen LogP contribution in [0.2, 0.25) is 0 Å². The molecular formula is C25H33N3O. The molecule has 0 radical (unpaired) electrons. The van der Waals surface area contributed by atoms with E-state index in [1.807, 2.05) is 12.1 Å². The van der Waals surface area contributed by atoms with Gasteiger partial charge >= 0.3 is 0 Å². The Morgan fingerprint density at radius 3 is 2.41 bits per heavy atom. The summed E-state index contributed by atoms with van der Waals surface area (Å²) in [4.78, 5) is 5.24. The third kappa shape index (κ3) is 3.00. The molecule has 0 spiro atoms. The lowest BCUT2D eigenvalue weighted by Crippen LogP contribution is -2.52. The van der Waals surface area contributed by atoms with Crippen LogP contribution in [0.25, 0.3) is 0 Å². The van der Waals surface area contributed by atoms with Crippen LogP contribution in [0.15, 0.2) is 48.5 Å². The number of hydrogen-bond acceptors (Lipinski definition) is 4. The number of fused-ring (bicyclic) bond motifs is 1. The van der Waals surface area contributed by atoms with Crippen molar-refractivity contribution in [3.8, 4) is 5.75 Å². The Hall–Kier alpha value is -2.20. The number of rotatable bonds is 5. The number of para-hydroxylation sites is 2. The first-order valence-electron chi connectivity index (χ1n) is 11.2. The number of hydrogen-bond donors (Lipinski definition) is 1. The van der Waals surface area contributed by atoms with Gasteiger partial charge in [-0.15, -0.1) is 0 Å². The summed E-state index contributed by atoms with van der Waals surface area (Å²) in [5.74, 6) is 3.46. The van der Waals surface area contributed by atoms with Crippen LogP contribution in [-0.2, 0) is 5.54 Å². The lowest BCUT2D eigenvalue weighted by atomic mass is 9.89. The normalized spacial score (nSPS) is 31.5. The number of nitrogens with two attached hydrogens (primary N) is 1. The third-order valence-corrected chi connectivity index (χ3v) is 7.51. The van der Waals surface area contributed by atoms with Crippen molar-refractivity contribution in [1.29, 1.82) is 0 Å². The van der Waals surface area contributed by atoms with Crippen molar-refractivity contribution in [2.24, 2.45) is 17.8 Å². The molecule has 2 aromatic carbocycles. The van der Waals surface area contributed by atoms with Crippen LogP contribution < -0.4 is 15.4 Å². The molecule has 4 nitrogen and oxygen atoms in total. The second-order valence-electron chi connectivity index (χ2n) is 9.11. The van der Waals surface area contributed by atoms with Gasteiger partial charge in [0.25, 0.3) is 0 Å². The summed E-state index contributed by atoms with van der Waals surface area (Å²) in [6, 6.07) is 17.2. The van der Waals surface area contributed by atoms with E-state index in [9.17, 15) is 0 Å². The van der Waals surface area contributed by atoms with E-state index in [4.69, 9.17) is 10.5 Å². The number of nitrogen functional groups attached to an aromatic ring is 1. The lowest BCUT2D eigenvalue weighted by Gasteiger charge is -2.43. The van der Waals surface area contributed by atoms with Crippen molar-refractivity contribution in [3.63, 3.8) is 0 Å². The predicted molar refractivity (Wildman–Crippen MR) is 119 cm³/mol. The number of anilines is 2. The molecule has 154 valence electrons. The van der Waals surface area contributed by atoms with Gasteiger partial charge in [-0.2, -0.15) is 0 Å². The molecule has 2 unspecified atom stereocenters. The van der Waals surface area contributed by atoms with Crippen molar-refractivity contribution >= 4 is 11.4 Å². The third-order valence-electron chi connectivity index (χ3n) is 7.51. The second kappa shape index (κ2) is 7.24. The van der Waals surface area contributed by atoms with Crippen molar-refractivity contribution in [2.75, 3.05) is 43.4 Å². The van der Waals surface area contributed by atoms with Gasteiger partial charge in [0, 0.05) is 26.2 Å². The molecule has 1 aliphatic heterocycles. The molecule has 3 aliphatic rings. The fraction of sp³-hybridized carbons (Fsp3) is 0.520. The highest BCUT2D eigenvalue weighted by atomic mass is 16.5. The molecule has 4 heteroatoms. The summed E-state index contributed by atoms with van der Waals surface area (Å²) in [5.41, 5.74) is 10.00. The van der Waals surface area contributed by atoms with Crippen molar-refractivity contribution < 1.29 is 4.74 Å². The molecule has 1 saturated heterocycles. The van der Waals surface area contributed by atoms with E-state index < -0.39 is 0 Å². The summed E-state index contributed by atoms with van der Waals surface area (Å²) in [7, 11) is 0. The van der Waals surface area contributed by atoms with Gasteiger partial charge in [0.2, 0.25) is 0 Å². The smallest absolute Gasteiger partial charge is 0.119 e. The molecule has 0 amide bonds. The minimum atomic E-state index is 0.216. The van der Waals surface area contributed by atoms with Gasteiger partial charge in [-0.05, 0) is 67.3 Å². The molecule has 4 atom stereocenters. The molecule has 29 heavy (non-hydrogen) atoms. The fourth-order valence-electron chi connectivity index (χ4n) is 6.35. The van der Waals surface area contributed by atoms with E-state index >= 15 is 0 Å². The van der Waals surface area contributed by atoms with Crippen LogP contribution in [-0.4, -0.2) is 37.7 Å². The Morgan fingerprint density at radius 1 is 1.00 bits per heavy atom. The van der Waals surface area contributed by atoms with E-state index in [1.165, 1.54) is 24.1 Å². The Bertz CT molecular complexity index is 862. The molecule has 0 aromatic heterocycles. The Labute approximate surface area is 174 Å². The first kappa shape index (κ1) is 18.8. The molecule has 2 saturated carbocycles. The summed E-state index contributed by atoms with van der Waals surface area (Å²) >= 11 is 0. The predicted octanol–water partition coefficient (Wildman–Crippen LogP) is 4.36. The number of nitrogens with zero attached hydrogens (tertiary/aromatic N) is 2. The molecule has 5 rings (SSSR count). The van der Waals surface area contributed by atoms with Crippen LogP contribution in [0.1, 0.15) is 32.3 Å². The Morgan fingerprint density at radius 2 is 1.72 bits per heavy atom. The zero-order chi connectivity index (χ0) is 20.0. The number of ether oxygens (including phenoxy) is 1. The molecule has 1 heterocycles. The quantitative estimate of drug-likeness (QED) is 0.769. The van der Waals surface area contributed by atoms with Gasteiger partial charge in [-0.25, -0.2) is 0 Å². The number of piperazine rings is 1. The van der Waals surface area contributed by atoms with E-state index in [-0.39, 0.29) is 5.54 Å². The van der Waals surface area contributed by atoms with Crippen molar-refractivity contribution in [1.82, 2.24) is 4.90 Å². The maximum atomic E-state index is 6.24. The largest absolute Gasteiger partial charge is 0.494 e. The zero-order valence-corrected chi connectivity index (χ0v) is 17.7. The van der Waals surface area contributed by atoms with Gasteiger partial charge < -0.3 is 15.4 Å². The Kier molecular flexibility index (Phi) is 4.70. The van der Waals surface area contributed by atoms with Crippen molar-refractivity contribution in [2.45, 2.75) is 32.2 Å². The summed E-state index contributed by atoms with van der Waals surface area (Å²) in [6.45, 7) is 9.46. The maximum Gasteiger partial charge on any atom is 0.119 e. The molecule has 2 aliphatic carbocycles. The maximum absolute atomic E-state index is 6.24. The van der Waals surface area contributed by atoms with E-state index in [1.54, 1.807) is 0 Å². The highest BCUT2D eigenvalue weighted by Gasteiger charge is 2.70. The zero-order valence-electron chi connectivity index (χ0n) is 17.7. The van der Waals surface area contributed by atoms with Gasteiger partial charge in [0.1, 0.15) is 5.75 Å². The second-order valence-corrected chi connectivity index (χ2v) is 9.11. The molecular weight excluding hydrogens is 358 g/mol. The lowest BCUT2D eigenvalue weighted by molar-refractivity contribution is 0.124. The summed E-state index contributed by atoms with van der Waals surface area (Å²) in [5, 5.41) is 0. The monoisotopic (exact) mass is 391 g/mol. The van der Waals surface area contributed by atoms with Crippen molar-refractivity contribution in [3.05, 3.63) is 54.1 Å². The van der Waals surface area contributed by atoms with Crippen LogP contribution in [0.5, 0.6) is 5.75 Å². The average molecular weight is 392 g/mol. The SMILES string of the molecule is CCOc1cccc(C2(N3CCN(c4ccccc4N)CC3)[C@@H]3CC(C)C[C@@H]32)c1. The van der Waals surface area contributed by atoms with Gasteiger partial charge in [0.15, 0.2) is 0 Å². The molecule has 2 N–H and O–H groups in total. The minimum absolute atomic E-state index is 0.216. The van der Waals surface area contributed by atoms with E-state index in [2.05, 4.69) is 60.0 Å². The van der Waals surface area contributed by atoms with Gasteiger partial charge in [-0.3, -0.25) is 4.90 Å². The molecule has 2 aromatic rings. The topological polar surface area (TPSA) is 41.7 Å². The molecule has 3 fully saturated rings. The average Bonchev–Trinajstić information content (AvgIpc) is 3.16. The fourth-order valence-corrected chi connectivity index (χ4v) is 6.35. The summed E-state index contributed by atoms with van der Waals surface area (Å²) < 4.78 is 5.85. The van der Waals surface area contributed by atoms with Gasteiger partial charge in [0.05, 0.1) is 23.5 Å². The first-order valence-corrected chi connectivity index (χ1v) is 11.2.